The Bertz CT molecular complexity index is 619. The number of benzene rings is 1. The predicted molar refractivity (Wildman–Crippen MR) is 85.9 cm³/mol. The molecule has 1 aromatic heterocycles. The van der Waals surface area contributed by atoms with E-state index in [1.165, 1.54) is 18.3 Å². The molecule has 2 aromatic rings. The van der Waals surface area contributed by atoms with E-state index < -0.39 is 0 Å². The van der Waals surface area contributed by atoms with Crippen LogP contribution >= 0.6 is 11.3 Å². The zero-order valence-corrected chi connectivity index (χ0v) is 13.1. The maximum absolute atomic E-state index is 12.3. The zero-order valence-electron chi connectivity index (χ0n) is 12.3. The zero-order chi connectivity index (χ0) is 15.2. The summed E-state index contributed by atoms with van der Waals surface area (Å²) in [5, 5.41) is 3.06. The van der Waals surface area contributed by atoms with Crippen LogP contribution in [0.3, 0.4) is 0 Å². The minimum absolute atomic E-state index is 0.00609. The predicted octanol–water partition coefficient (Wildman–Crippen LogP) is 4.22. The largest absolute Gasteiger partial charge is 0.345 e. The van der Waals surface area contributed by atoms with Crippen molar-refractivity contribution in [3.63, 3.8) is 0 Å². The van der Waals surface area contributed by atoms with Gasteiger partial charge < -0.3 is 5.32 Å². The van der Waals surface area contributed by atoms with Gasteiger partial charge in [0.1, 0.15) is 0 Å². The smallest absolute Gasteiger partial charge is 0.261 e. The van der Waals surface area contributed by atoms with E-state index in [-0.39, 0.29) is 17.7 Å². The van der Waals surface area contributed by atoms with Gasteiger partial charge in [-0.15, -0.1) is 11.3 Å². The lowest BCUT2D eigenvalue weighted by molar-refractivity contribution is 0.0938. The molecule has 0 bridgehead atoms. The summed E-state index contributed by atoms with van der Waals surface area (Å²) in [6, 6.07) is 13.4. The second-order valence-electron chi connectivity index (χ2n) is 4.95. The molecule has 0 aliphatic rings. The number of hydrogen-bond donors (Lipinski definition) is 1. The fourth-order valence-corrected chi connectivity index (χ4v) is 2.98. The molecule has 1 N–H and O–H groups in total. The van der Waals surface area contributed by atoms with Gasteiger partial charge in [-0.2, -0.15) is 0 Å². The number of carbonyl (C=O) groups excluding carboxylic acids is 2. The normalized spacial score (nSPS) is 11.9. The maximum atomic E-state index is 12.3. The topological polar surface area (TPSA) is 46.2 Å². The molecule has 0 radical (unpaired) electrons. The highest BCUT2D eigenvalue weighted by molar-refractivity contribution is 7.15. The molecule has 0 aliphatic carbocycles. The summed E-state index contributed by atoms with van der Waals surface area (Å²) < 4.78 is 0. The van der Waals surface area contributed by atoms with E-state index in [2.05, 4.69) is 12.2 Å². The molecule has 3 nitrogen and oxygen atoms in total. The van der Waals surface area contributed by atoms with E-state index in [0.29, 0.717) is 9.75 Å². The van der Waals surface area contributed by atoms with Gasteiger partial charge in [-0.1, -0.05) is 43.7 Å². The molecule has 1 aromatic carbocycles. The van der Waals surface area contributed by atoms with Gasteiger partial charge in [-0.3, -0.25) is 9.59 Å². The first kappa shape index (κ1) is 15.4. The third kappa shape index (κ3) is 4.02. The van der Waals surface area contributed by atoms with E-state index in [4.69, 9.17) is 0 Å². The number of hydrogen-bond acceptors (Lipinski definition) is 3. The maximum Gasteiger partial charge on any atom is 0.261 e. The minimum atomic E-state index is -0.116. The summed E-state index contributed by atoms with van der Waals surface area (Å²) in [5.74, 6) is -0.123. The number of carbonyl (C=O) groups is 2. The Labute approximate surface area is 129 Å². The summed E-state index contributed by atoms with van der Waals surface area (Å²) in [6.45, 7) is 3.61. The molecule has 2 rings (SSSR count). The Morgan fingerprint density at radius 2 is 1.76 bits per heavy atom. The summed E-state index contributed by atoms with van der Waals surface area (Å²) in [6.07, 6.45) is 1.88. The van der Waals surface area contributed by atoms with Gasteiger partial charge in [0, 0.05) is 0 Å². The third-order valence-corrected chi connectivity index (χ3v) is 4.45. The molecule has 110 valence electrons. The second-order valence-corrected chi connectivity index (χ2v) is 6.03. The van der Waals surface area contributed by atoms with E-state index in [9.17, 15) is 9.59 Å². The van der Waals surface area contributed by atoms with E-state index >= 15 is 0 Å². The van der Waals surface area contributed by atoms with Crippen LogP contribution in [0.2, 0.25) is 0 Å². The molecule has 1 atom stereocenters. The Kier molecular flexibility index (Phi) is 5.28. The highest BCUT2D eigenvalue weighted by atomic mass is 32.1. The molecule has 0 saturated heterocycles. The fraction of sp³-hybridized carbons (Fsp3) is 0.294. The highest BCUT2D eigenvalue weighted by Crippen LogP contribution is 2.21. The van der Waals surface area contributed by atoms with Crippen LogP contribution in [0.4, 0.5) is 0 Å². The van der Waals surface area contributed by atoms with Crippen LogP contribution in [0, 0.1) is 0 Å². The number of nitrogens with one attached hydrogen (secondary N) is 1. The second kappa shape index (κ2) is 7.18. The first-order chi connectivity index (χ1) is 10.1. The molecule has 0 fully saturated rings. The molecule has 0 aliphatic heterocycles. The lowest BCUT2D eigenvalue weighted by Gasteiger charge is -2.18. The Morgan fingerprint density at radius 1 is 1.10 bits per heavy atom. The average Bonchev–Trinajstić information content (AvgIpc) is 2.98. The summed E-state index contributed by atoms with van der Waals surface area (Å²) in [4.78, 5) is 24.8. The van der Waals surface area contributed by atoms with Gasteiger partial charge in [-0.05, 0) is 31.0 Å². The molecule has 4 heteroatoms. The van der Waals surface area contributed by atoms with Gasteiger partial charge in [0.2, 0.25) is 0 Å². The molecule has 0 spiro atoms. The molecule has 1 unspecified atom stereocenters. The standard InChI is InChI=1S/C17H19NO2S/c1-3-7-14(13-8-5-4-6-9-13)18-17(20)16-11-10-15(21-16)12(2)19/h4-6,8-11,14H,3,7H2,1-2H3,(H,18,20). The highest BCUT2D eigenvalue weighted by Gasteiger charge is 2.17. The van der Waals surface area contributed by atoms with Crippen molar-refractivity contribution in [2.45, 2.75) is 32.7 Å². The first-order valence-electron chi connectivity index (χ1n) is 7.08. The quantitative estimate of drug-likeness (QED) is 0.812. The van der Waals surface area contributed by atoms with Crippen molar-refractivity contribution in [3.8, 4) is 0 Å². The molecule has 1 amide bonds. The molecular formula is C17H19NO2S. The number of amides is 1. The van der Waals surface area contributed by atoms with Gasteiger partial charge >= 0.3 is 0 Å². The molecule has 0 saturated carbocycles. The van der Waals surface area contributed by atoms with Gasteiger partial charge in [0.15, 0.2) is 5.78 Å². The summed E-state index contributed by atoms with van der Waals surface area (Å²) >= 11 is 1.24. The Morgan fingerprint density at radius 3 is 2.33 bits per heavy atom. The monoisotopic (exact) mass is 301 g/mol. The molecule has 1 heterocycles. The minimum Gasteiger partial charge on any atom is -0.345 e. The van der Waals surface area contributed by atoms with Crippen LogP contribution in [0.5, 0.6) is 0 Å². The van der Waals surface area contributed by atoms with Crippen LogP contribution in [-0.4, -0.2) is 11.7 Å². The summed E-state index contributed by atoms with van der Waals surface area (Å²) in [5.41, 5.74) is 1.11. The van der Waals surface area contributed by atoms with E-state index in [1.807, 2.05) is 30.3 Å². The van der Waals surface area contributed by atoms with E-state index in [1.54, 1.807) is 12.1 Å². The van der Waals surface area contributed by atoms with Crippen LogP contribution < -0.4 is 5.32 Å². The van der Waals surface area contributed by atoms with Crippen LogP contribution in [-0.2, 0) is 0 Å². The van der Waals surface area contributed by atoms with Crippen molar-refractivity contribution >= 4 is 23.0 Å². The summed E-state index contributed by atoms with van der Waals surface area (Å²) in [7, 11) is 0. The SMILES string of the molecule is CCCC(NC(=O)c1ccc(C(C)=O)s1)c1ccccc1. The van der Waals surface area contributed by atoms with Gasteiger partial charge in [0.25, 0.3) is 5.91 Å². The number of Topliss-reactive ketones (excluding diaryl/α,β-unsaturated/α-hetero) is 1. The van der Waals surface area contributed by atoms with Crippen molar-refractivity contribution in [2.24, 2.45) is 0 Å². The lowest BCUT2D eigenvalue weighted by atomic mass is 10.0. The number of ketones is 1. The fourth-order valence-electron chi connectivity index (χ4n) is 2.17. The molecular weight excluding hydrogens is 282 g/mol. The number of thiophene rings is 1. The van der Waals surface area contributed by atoms with E-state index in [0.717, 1.165) is 18.4 Å². The Balaban J connectivity index is 2.12. The van der Waals surface area contributed by atoms with Gasteiger partial charge in [0.05, 0.1) is 15.8 Å². The molecule has 21 heavy (non-hydrogen) atoms. The third-order valence-electron chi connectivity index (χ3n) is 3.26. The van der Waals surface area contributed by atoms with Crippen molar-refractivity contribution in [1.82, 2.24) is 5.32 Å². The van der Waals surface area contributed by atoms with Crippen molar-refractivity contribution < 1.29 is 9.59 Å². The average molecular weight is 301 g/mol. The van der Waals surface area contributed by atoms with Crippen LogP contribution in [0.15, 0.2) is 42.5 Å². The van der Waals surface area contributed by atoms with Crippen molar-refractivity contribution in [3.05, 3.63) is 57.8 Å². The van der Waals surface area contributed by atoms with Crippen molar-refractivity contribution in [2.75, 3.05) is 0 Å². The Hall–Kier alpha value is -1.94. The van der Waals surface area contributed by atoms with Gasteiger partial charge in [-0.25, -0.2) is 0 Å². The van der Waals surface area contributed by atoms with Crippen molar-refractivity contribution in [1.29, 1.82) is 0 Å². The first-order valence-corrected chi connectivity index (χ1v) is 7.90. The number of rotatable bonds is 6. The van der Waals surface area contributed by atoms with Crippen LogP contribution in [0.1, 0.15) is 57.6 Å². The van der Waals surface area contributed by atoms with Crippen LogP contribution in [0.25, 0.3) is 0 Å². The lowest BCUT2D eigenvalue weighted by Crippen LogP contribution is -2.27.